The molecular formula is C20H20N4O2. The molecule has 6 heteroatoms. The predicted molar refractivity (Wildman–Crippen MR) is 97.2 cm³/mol. The molecule has 1 saturated carbocycles. The van der Waals surface area contributed by atoms with E-state index in [2.05, 4.69) is 20.3 Å². The molecule has 0 saturated heterocycles. The number of aromatic nitrogens is 3. The van der Waals surface area contributed by atoms with Gasteiger partial charge in [0.2, 0.25) is 0 Å². The number of aliphatic hydroxyl groups excluding tert-OH is 1. The molecular weight excluding hydrogens is 328 g/mol. The van der Waals surface area contributed by atoms with Crippen molar-refractivity contribution >= 4 is 5.91 Å². The van der Waals surface area contributed by atoms with Crippen molar-refractivity contribution in [2.45, 2.75) is 25.0 Å². The number of pyridine rings is 1. The molecule has 1 aliphatic rings. The predicted octanol–water partition coefficient (Wildman–Crippen LogP) is 2.71. The van der Waals surface area contributed by atoms with Gasteiger partial charge in [0.15, 0.2) is 0 Å². The number of nitrogens with zero attached hydrogens (tertiary/aromatic N) is 2. The van der Waals surface area contributed by atoms with Crippen molar-refractivity contribution in [1.29, 1.82) is 0 Å². The van der Waals surface area contributed by atoms with Crippen LogP contribution >= 0.6 is 0 Å². The molecule has 4 rings (SSSR count). The highest BCUT2D eigenvalue weighted by molar-refractivity contribution is 6.00. The highest BCUT2D eigenvalue weighted by Crippen LogP contribution is 2.37. The second kappa shape index (κ2) is 7.09. The highest BCUT2D eigenvalue weighted by Gasteiger charge is 2.36. The number of imidazole rings is 1. The lowest BCUT2D eigenvalue weighted by molar-refractivity contribution is 0.0228. The zero-order valence-corrected chi connectivity index (χ0v) is 14.2. The fourth-order valence-corrected chi connectivity index (χ4v) is 3.41. The number of rotatable bonds is 5. The molecule has 0 spiro atoms. The summed E-state index contributed by atoms with van der Waals surface area (Å²) in [5, 5.41) is 12.8. The Balaban J connectivity index is 1.62. The third-order valence-corrected chi connectivity index (χ3v) is 4.84. The first-order chi connectivity index (χ1) is 12.7. The number of aromatic amines is 1. The summed E-state index contributed by atoms with van der Waals surface area (Å²) in [4.78, 5) is 24.7. The van der Waals surface area contributed by atoms with Crippen molar-refractivity contribution in [3.8, 4) is 11.4 Å². The van der Waals surface area contributed by atoms with Crippen LogP contribution < -0.4 is 5.32 Å². The minimum Gasteiger partial charge on any atom is -0.393 e. The van der Waals surface area contributed by atoms with Gasteiger partial charge in [0.05, 0.1) is 23.4 Å². The van der Waals surface area contributed by atoms with Gasteiger partial charge in [-0.05, 0) is 37.0 Å². The lowest BCUT2D eigenvalue weighted by Gasteiger charge is -2.37. The maximum absolute atomic E-state index is 13.0. The molecule has 132 valence electrons. The van der Waals surface area contributed by atoms with Gasteiger partial charge in [0.25, 0.3) is 5.91 Å². The molecule has 26 heavy (non-hydrogen) atoms. The molecule has 1 atom stereocenters. The summed E-state index contributed by atoms with van der Waals surface area (Å²) in [5.74, 6) is 0.665. The molecule has 1 aromatic carbocycles. The van der Waals surface area contributed by atoms with Gasteiger partial charge in [0.1, 0.15) is 5.82 Å². The van der Waals surface area contributed by atoms with Crippen LogP contribution in [0.2, 0.25) is 0 Å². The van der Waals surface area contributed by atoms with E-state index >= 15 is 0 Å². The van der Waals surface area contributed by atoms with Crippen LogP contribution in [0.5, 0.6) is 0 Å². The summed E-state index contributed by atoms with van der Waals surface area (Å²) in [6.07, 6.45) is 6.16. The molecule has 0 bridgehead atoms. The fourth-order valence-electron chi connectivity index (χ4n) is 3.41. The van der Waals surface area contributed by atoms with E-state index in [0.717, 1.165) is 11.3 Å². The van der Waals surface area contributed by atoms with E-state index in [0.29, 0.717) is 24.2 Å². The third kappa shape index (κ3) is 3.23. The molecule has 6 nitrogen and oxygen atoms in total. The Hall–Kier alpha value is -2.99. The molecule has 2 heterocycles. The molecule has 1 aliphatic carbocycles. The fraction of sp³-hybridized carbons (Fsp3) is 0.250. The standard InChI is InChI=1S/C20H20N4O2/c25-14-11-13(12-14)18(17-7-3-4-8-21-17)24-20(26)16-6-2-1-5-15(16)19-22-9-10-23-19/h1-10,13-14,18,25H,11-12H2,(H,22,23)(H,24,26)/t13?,14?,18-/m0/s1. The van der Waals surface area contributed by atoms with Crippen molar-refractivity contribution in [1.82, 2.24) is 20.3 Å². The van der Waals surface area contributed by atoms with E-state index in [4.69, 9.17) is 0 Å². The van der Waals surface area contributed by atoms with Gasteiger partial charge < -0.3 is 15.4 Å². The summed E-state index contributed by atoms with van der Waals surface area (Å²) in [6.45, 7) is 0. The number of hydrogen-bond acceptors (Lipinski definition) is 4. The Morgan fingerprint density at radius 1 is 1.12 bits per heavy atom. The minimum atomic E-state index is -0.293. The normalized spacial score (nSPS) is 20.2. The molecule has 0 aliphatic heterocycles. The Morgan fingerprint density at radius 3 is 2.62 bits per heavy atom. The van der Waals surface area contributed by atoms with Gasteiger partial charge >= 0.3 is 0 Å². The number of carbonyl (C=O) groups excluding carboxylic acids is 1. The monoisotopic (exact) mass is 348 g/mol. The number of aliphatic hydroxyl groups is 1. The molecule has 1 amide bonds. The van der Waals surface area contributed by atoms with Gasteiger partial charge in [-0.25, -0.2) is 4.98 Å². The van der Waals surface area contributed by atoms with Crippen molar-refractivity contribution in [2.75, 3.05) is 0 Å². The zero-order valence-electron chi connectivity index (χ0n) is 14.2. The van der Waals surface area contributed by atoms with Crippen LogP contribution in [-0.2, 0) is 0 Å². The summed E-state index contributed by atoms with van der Waals surface area (Å²) >= 11 is 0. The highest BCUT2D eigenvalue weighted by atomic mass is 16.3. The van der Waals surface area contributed by atoms with E-state index < -0.39 is 0 Å². The van der Waals surface area contributed by atoms with Gasteiger partial charge in [0, 0.05) is 24.2 Å². The Kier molecular flexibility index (Phi) is 4.50. The molecule has 3 N–H and O–H groups in total. The first-order valence-corrected chi connectivity index (χ1v) is 8.71. The van der Waals surface area contributed by atoms with Crippen molar-refractivity contribution in [3.63, 3.8) is 0 Å². The van der Waals surface area contributed by atoms with Crippen LogP contribution in [0.3, 0.4) is 0 Å². The maximum atomic E-state index is 13.0. The zero-order chi connectivity index (χ0) is 17.9. The Bertz CT molecular complexity index is 874. The topological polar surface area (TPSA) is 90.9 Å². The largest absolute Gasteiger partial charge is 0.393 e. The first-order valence-electron chi connectivity index (χ1n) is 8.71. The smallest absolute Gasteiger partial charge is 0.252 e. The van der Waals surface area contributed by atoms with Gasteiger partial charge in [-0.15, -0.1) is 0 Å². The number of benzene rings is 1. The lowest BCUT2D eigenvalue weighted by Crippen LogP contribution is -2.41. The van der Waals surface area contributed by atoms with Crippen LogP contribution in [0.4, 0.5) is 0 Å². The van der Waals surface area contributed by atoms with E-state index in [-0.39, 0.29) is 24.0 Å². The number of amides is 1. The van der Waals surface area contributed by atoms with E-state index in [9.17, 15) is 9.90 Å². The van der Waals surface area contributed by atoms with Crippen LogP contribution in [0.1, 0.15) is 34.9 Å². The molecule has 0 unspecified atom stereocenters. The van der Waals surface area contributed by atoms with Gasteiger partial charge in [-0.2, -0.15) is 0 Å². The summed E-state index contributed by atoms with van der Waals surface area (Å²) in [7, 11) is 0. The summed E-state index contributed by atoms with van der Waals surface area (Å²) in [5.41, 5.74) is 2.12. The van der Waals surface area contributed by atoms with Crippen LogP contribution in [-0.4, -0.2) is 32.1 Å². The number of H-pyrrole nitrogens is 1. The van der Waals surface area contributed by atoms with Crippen molar-refractivity contribution in [3.05, 3.63) is 72.3 Å². The first kappa shape index (κ1) is 16.5. The number of hydrogen-bond donors (Lipinski definition) is 3. The third-order valence-electron chi connectivity index (χ3n) is 4.84. The van der Waals surface area contributed by atoms with Crippen molar-refractivity contribution in [2.24, 2.45) is 5.92 Å². The minimum absolute atomic E-state index is 0.172. The molecule has 2 aromatic heterocycles. The average molecular weight is 348 g/mol. The summed E-state index contributed by atoms with van der Waals surface area (Å²) < 4.78 is 0. The van der Waals surface area contributed by atoms with E-state index in [1.807, 2.05) is 36.4 Å². The SMILES string of the molecule is O=C(N[C@H](c1ccccn1)C1CC(O)C1)c1ccccc1-c1ncc[nH]1. The lowest BCUT2D eigenvalue weighted by atomic mass is 9.76. The Morgan fingerprint density at radius 2 is 1.92 bits per heavy atom. The Labute approximate surface area is 151 Å². The molecule has 1 fully saturated rings. The van der Waals surface area contributed by atoms with Crippen LogP contribution in [0, 0.1) is 5.92 Å². The van der Waals surface area contributed by atoms with Crippen LogP contribution in [0.25, 0.3) is 11.4 Å². The number of carbonyl (C=O) groups is 1. The second-order valence-corrected chi connectivity index (χ2v) is 6.57. The van der Waals surface area contributed by atoms with Crippen molar-refractivity contribution < 1.29 is 9.90 Å². The quantitative estimate of drug-likeness (QED) is 0.661. The average Bonchev–Trinajstić information content (AvgIpc) is 3.19. The van der Waals surface area contributed by atoms with Crippen LogP contribution in [0.15, 0.2) is 61.1 Å². The molecule has 0 radical (unpaired) electrons. The number of nitrogens with one attached hydrogen (secondary N) is 2. The van der Waals surface area contributed by atoms with E-state index in [1.54, 1.807) is 24.7 Å². The summed E-state index contributed by atoms with van der Waals surface area (Å²) in [6, 6.07) is 12.8. The van der Waals surface area contributed by atoms with Gasteiger partial charge in [-0.1, -0.05) is 24.3 Å². The van der Waals surface area contributed by atoms with Gasteiger partial charge in [-0.3, -0.25) is 9.78 Å². The molecule has 3 aromatic rings. The second-order valence-electron chi connectivity index (χ2n) is 6.57. The van der Waals surface area contributed by atoms with E-state index in [1.165, 1.54) is 0 Å². The maximum Gasteiger partial charge on any atom is 0.252 e.